The first-order chi connectivity index (χ1) is 7.71. The van der Waals surface area contributed by atoms with E-state index in [1.807, 2.05) is 0 Å². The maximum absolute atomic E-state index is 13.8. The molecule has 0 aromatic carbocycles. The van der Waals surface area contributed by atoms with Crippen LogP contribution in [0.2, 0.25) is 0 Å². The molecule has 17 heavy (non-hydrogen) atoms. The fourth-order valence-corrected chi connectivity index (χ4v) is 3.59. The lowest BCUT2D eigenvalue weighted by Crippen LogP contribution is -2.27. The molecule has 3 unspecified atom stereocenters. The third-order valence-electron chi connectivity index (χ3n) is 4.47. The molecule has 0 bridgehead atoms. The molecule has 3 atom stereocenters. The van der Waals surface area contributed by atoms with Crippen molar-refractivity contribution in [1.29, 1.82) is 0 Å². The van der Waals surface area contributed by atoms with Gasteiger partial charge in [-0.15, -0.1) is 12.4 Å². The van der Waals surface area contributed by atoms with Gasteiger partial charge in [0.1, 0.15) is 0 Å². The molecule has 0 aromatic rings. The van der Waals surface area contributed by atoms with E-state index in [0.717, 1.165) is 32.2 Å². The first kappa shape index (κ1) is 13.5. The minimum absolute atomic E-state index is 0. The zero-order valence-corrected chi connectivity index (χ0v) is 10.6. The van der Waals surface area contributed by atoms with Gasteiger partial charge >= 0.3 is 0 Å². The van der Waals surface area contributed by atoms with Gasteiger partial charge in [0.25, 0.3) is 5.92 Å². The molecule has 0 aromatic heterocycles. The summed E-state index contributed by atoms with van der Waals surface area (Å²) in [5.74, 6) is -2.98. The molecule has 1 N–H and O–H groups in total. The van der Waals surface area contributed by atoms with Crippen molar-refractivity contribution in [1.82, 2.24) is 5.32 Å². The van der Waals surface area contributed by atoms with Gasteiger partial charge in [-0.3, -0.25) is 0 Å². The molecular formula is C12H20ClF2NO. The Bertz CT molecular complexity index is 265. The van der Waals surface area contributed by atoms with Crippen LogP contribution in [-0.2, 0) is 4.74 Å². The minimum Gasteiger partial charge on any atom is -0.381 e. The smallest absolute Gasteiger partial charge is 0.256 e. The Balaban J connectivity index is 0.00000108. The van der Waals surface area contributed by atoms with Crippen molar-refractivity contribution in [2.45, 2.75) is 37.6 Å². The standard InChI is InChI=1S/C12H19F2NO.ClH/c13-12(14)10(8-3-6-16-7-4-8)11(12)9-2-1-5-15-9;/h8-11,15H,1-7H2;1H. The molecule has 0 amide bonds. The second kappa shape index (κ2) is 4.98. The molecule has 3 aliphatic rings. The fraction of sp³-hybridized carbons (Fsp3) is 1.00. The molecule has 1 aliphatic carbocycles. The van der Waals surface area contributed by atoms with Crippen LogP contribution in [0.3, 0.4) is 0 Å². The number of hydrogen-bond donors (Lipinski definition) is 1. The molecule has 0 spiro atoms. The number of halogens is 3. The van der Waals surface area contributed by atoms with E-state index in [1.165, 1.54) is 0 Å². The van der Waals surface area contributed by atoms with Gasteiger partial charge in [-0.1, -0.05) is 0 Å². The number of ether oxygens (including phenoxy) is 1. The number of nitrogens with one attached hydrogen (secondary N) is 1. The molecule has 2 saturated heterocycles. The number of hydrogen-bond acceptors (Lipinski definition) is 2. The van der Waals surface area contributed by atoms with Crippen molar-refractivity contribution in [2.75, 3.05) is 19.8 Å². The van der Waals surface area contributed by atoms with Crippen molar-refractivity contribution in [2.24, 2.45) is 17.8 Å². The minimum atomic E-state index is -2.41. The van der Waals surface area contributed by atoms with Gasteiger partial charge in [0.05, 0.1) is 0 Å². The van der Waals surface area contributed by atoms with E-state index in [9.17, 15) is 8.78 Å². The van der Waals surface area contributed by atoms with Crippen LogP contribution < -0.4 is 5.32 Å². The molecule has 3 rings (SSSR count). The highest BCUT2D eigenvalue weighted by atomic mass is 35.5. The molecule has 3 fully saturated rings. The largest absolute Gasteiger partial charge is 0.381 e. The highest BCUT2D eigenvalue weighted by Crippen LogP contribution is 2.62. The Morgan fingerprint density at radius 2 is 1.76 bits per heavy atom. The van der Waals surface area contributed by atoms with Gasteiger partial charge < -0.3 is 10.1 Å². The van der Waals surface area contributed by atoms with E-state index in [1.54, 1.807) is 0 Å². The Labute approximate surface area is 107 Å². The summed E-state index contributed by atoms with van der Waals surface area (Å²) in [5.41, 5.74) is 0. The second-order valence-electron chi connectivity index (χ2n) is 5.38. The Kier molecular flexibility index (Phi) is 3.96. The normalized spacial score (nSPS) is 40.9. The summed E-state index contributed by atoms with van der Waals surface area (Å²) < 4.78 is 32.9. The highest BCUT2D eigenvalue weighted by molar-refractivity contribution is 5.85. The molecule has 0 radical (unpaired) electrons. The van der Waals surface area contributed by atoms with E-state index >= 15 is 0 Å². The zero-order valence-electron chi connectivity index (χ0n) is 9.83. The Morgan fingerprint density at radius 3 is 2.35 bits per heavy atom. The average Bonchev–Trinajstić information content (AvgIpc) is 2.70. The topological polar surface area (TPSA) is 21.3 Å². The molecule has 2 nitrogen and oxygen atoms in total. The van der Waals surface area contributed by atoms with Crippen LogP contribution in [0.1, 0.15) is 25.7 Å². The van der Waals surface area contributed by atoms with Crippen molar-refractivity contribution >= 4 is 12.4 Å². The van der Waals surface area contributed by atoms with Crippen LogP contribution in [0.5, 0.6) is 0 Å². The first-order valence-electron chi connectivity index (χ1n) is 6.40. The Morgan fingerprint density at radius 1 is 1.06 bits per heavy atom. The average molecular weight is 268 g/mol. The van der Waals surface area contributed by atoms with Gasteiger partial charge in [0, 0.05) is 31.1 Å². The third kappa shape index (κ3) is 2.32. The van der Waals surface area contributed by atoms with Crippen molar-refractivity contribution < 1.29 is 13.5 Å². The summed E-state index contributed by atoms with van der Waals surface area (Å²) in [7, 11) is 0. The van der Waals surface area contributed by atoms with Gasteiger partial charge in [-0.2, -0.15) is 0 Å². The summed E-state index contributed by atoms with van der Waals surface area (Å²) in [6, 6.07) is 0.0721. The Hall–Kier alpha value is 0.0700. The lowest BCUT2D eigenvalue weighted by molar-refractivity contribution is 0.0286. The fourth-order valence-electron chi connectivity index (χ4n) is 3.59. The van der Waals surface area contributed by atoms with E-state index in [0.29, 0.717) is 13.2 Å². The molecule has 2 aliphatic heterocycles. The monoisotopic (exact) mass is 267 g/mol. The first-order valence-corrected chi connectivity index (χ1v) is 6.40. The molecular weight excluding hydrogens is 248 g/mol. The van der Waals surface area contributed by atoms with E-state index in [2.05, 4.69) is 5.32 Å². The van der Waals surface area contributed by atoms with E-state index < -0.39 is 11.8 Å². The van der Waals surface area contributed by atoms with Crippen LogP contribution in [-0.4, -0.2) is 31.7 Å². The maximum Gasteiger partial charge on any atom is 0.256 e. The predicted octanol–water partition coefficient (Wildman–Crippen LogP) is 2.47. The molecule has 2 heterocycles. The van der Waals surface area contributed by atoms with Gasteiger partial charge in [-0.25, -0.2) is 8.78 Å². The summed E-state index contributed by atoms with van der Waals surface area (Å²) >= 11 is 0. The van der Waals surface area contributed by atoms with Crippen LogP contribution >= 0.6 is 12.4 Å². The summed E-state index contributed by atoms with van der Waals surface area (Å²) in [6.45, 7) is 2.25. The maximum atomic E-state index is 13.8. The van der Waals surface area contributed by atoms with Gasteiger partial charge in [-0.05, 0) is 38.1 Å². The second-order valence-corrected chi connectivity index (χ2v) is 5.38. The van der Waals surface area contributed by atoms with Crippen LogP contribution in [0.25, 0.3) is 0 Å². The lowest BCUT2D eigenvalue weighted by Gasteiger charge is -2.22. The van der Waals surface area contributed by atoms with Crippen LogP contribution in [0.15, 0.2) is 0 Å². The third-order valence-corrected chi connectivity index (χ3v) is 4.47. The van der Waals surface area contributed by atoms with Gasteiger partial charge in [0.15, 0.2) is 0 Å². The summed E-state index contributed by atoms with van der Waals surface area (Å²) in [5, 5.41) is 3.23. The summed E-state index contributed by atoms with van der Waals surface area (Å²) in [4.78, 5) is 0. The van der Waals surface area contributed by atoms with E-state index in [-0.39, 0.29) is 30.3 Å². The molecule has 5 heteroatoms. The van der Waals surface area contributed by atoms with Crippen molar-refractivity contribution in [3.63, 3.8) is 0 Å². The summed E-state index contributed by atoms with van der Waals surface area (Å²) in [6.07, 6.45) is 3.63. The van der Waals surface area contributed by atoms with Crippen molar-refractivity contribution in [3.05, 3.63) is 0 Å². The van der Waals surface area contributed by atoms with Crippen molar-refractivity contribution in [3.8, 4) is 0 Å². The number of rotatable bonds is 2. The number of alkyl halides is 2. The molecule has 100 valence electrons. The SMILES string of the molecule is Cl.FC1(F)C(C2CCOCC2)C1C1CCCN1. The van der Waals surface area contributed by atoms with Gasteiger partial charge in [0.2, 0.25) is 0 Å². The predicted molar refractivity (Wildman–Crippen MR) is 63.7 cm³/mol. The zero-order chi connectivity index (χ0) is 11.2. The molecule has 1 saturated carbocycles. The van der Waals surface area contributed by atoms with Crippen LogP contribution in [0.4, 0.5) is 8.78 Å². The highest BCUT2D eigenvalue weighted by Gasteiger charge is 2.72. The quantitative estimate of drug-likeness (QED) is 0.830. The lowest BCUT2D eigenvalue weighted by atomic mass is 9.92. The van der Waals surface area contributed by atoms with E-state index in [4.69, 9.17) is 4.74 Å². The van der Waals surface area contributed by atoms with Crippen LogP contribution in [0, 0.1) is 17.8 Å².